The minimum Gasteiger partial charge on any atom is -0.484 e. The van der Waals surface area contributed by atoms with Gasteiger partial charge < -0.3 is 14.5 Å². The van der Waals surface area contributed by atoms with Gasteiger partial charge in [0, 0.05) is 36.1 Å². The van der Waals surface area contributed by atoms with Gasteiger partial charge in [-0.15, -0.1) is 11.8 Å². The van der Waals surface area contributed by atoms with E-state index >= 15 is 0 Å². The number of benzene rings is 2. The maximum absolute atomic E-state index is 12.7. The summed E-state index contributed by atoms with van der Waals surface area (Å²) in [6, 6.07) is 15.6. The first-order valence-corrected chi connectivity index (χ1v) is 10.7. The highest BCUT2D eigenvalue weighted by atomic mass is 35.5. The van der Waals surface area contributed by atoms with Crippen LogP contribution in [0.5, 0.6) is 5.75 Å². The Morgan fingerprint density at radius 3 is 2.44 bits per heavy atom. The molecule has 144 valence electrons. The van der Waals surface area contributed by atoms with Crippen LogP contribution in [0, 0.1) is 0 Å². The Balaban J connectivity index is 1.63. The smallest absolute Gasteiger partial charge is 0.261 e. The second-order valence-corrected chi connectivity index (χ2v) is 7.94. The highest BCUT2D eigenvalue weighted by molar-refractivity contribution is 7.99. The Hall–Kier alpha value is -1.85. The van der Waals surface area contributed by atoms with E-state index < -0.39 is 0 Å². The lowest BCUT2D eigenvalue weighted by atomic mass is 10.1. The SMILES string of the molecule is CCN(CC)c1ccc(C2SCCN2C(=O)COc2ccc(Cl)cc2)cc1. The summed E-state index contributed by atoms with van der Waals surface area (Å²) in [5.41, 5.74) is 2.38. The van der Waals surface area contributed by atoms with Gasteiger partial charge in [-0.2, -0.15) is 0 Å². The zero-order valence-corrected chi connectivity index (χ0v) is 17.3. The first kappa shape index (κ1) is 19.9. The van der Waals surface area contributed by atoms with Crippen molar-refractivity contribution in [2.75, 3.05) is 36.9 Å². The number of anilines is 1. The van der Waals surface area contributed by atoms with Crippen LogP contribution in [0.2, 0.25) is 5.02 Å². The Bertz CT molecular complexity index is 748. The van der Waals surface area contributed by atoms with E-state index in [4.69, 9.17) is 16.3 Å². The van der Waals surface area contributed by atoms with Gasteiger partial charge in [0.25, 0.3) is 5.91 Å². The number of carbonyl (C=O) groups excluding carboxylic acids is 1. The summed E-state index contributed by atoms with van der Waals surface area (Å²) in [6.07, 6.45) is 0. The van der Waals surface area contributed by atoms with Crippen LogP contribution in [-0.4, -0.2) is 42.8 Å². The summed E-state index contributed by atoms with van der Waals surface area (Å²) in [7, 11) is 0. The molecule has 1 atom stereocenters. The number of carbonyl (C=O) groups is 1. The van der Waals surface area contributed by atoms with Crippen LogP contribution in [0.25, 0.3) is 0 Å². The molecule has 27 heavy (non-hydrogen) atoms. The number of rotatable bonds is 7. The molecule has 0 aliphatic carbocycles. The quantitative estimate of drug-likeness (QED) is 0.661. The predicted molar refractivity (Wildman–Crippen MR) is 114 cm³/mol. The van der Waals surface area contributed by atoms with Crippen LogP contribution in [0.1, 0.15) is 24.8 Å². The molecule has 0 saturated carbocycles. The van der Waals surface area contributed by atoms with E-state index in [0.717, 1.165) is 31.0 Å². The maximum atomic E-state index is 12.7. The van der Waals surface area contributed by atoms with Crippen molar-refractivity contribution >= 4 is 35.0 Å². The van der Waals surface area contributed by atoms with Crippen molar-refractivity contribution in [1.82, 2.24) is 4.90 Å². The number of hydrogen-bond donors (Lipinski definition) is 0. The fourth-order valence-electron chi connectivity index (χ4n) is 3.20. The van der Waals surface area contributed by atoms with Gasteiger partial charge in [0.1, 0.15) is 11.1 Å². The van der Waals surface area contributed by atoms with Crippen molar-refractivity contribution in [2.24, 2.45) is 0 Å². The molecule has 1 fully saturated rings. The van der Waals surface area contributed by atoms with E-state index in [0.29, 0.717) is 10.8 Å². The number of halogens is 1. The van der Waals surface area contributed by atoms with Gasteiger partial charge in [0.05, 0.1) is 0 Å². The first-order chi connectivity index (χ1) is 13.1. The average molecular weight is 405 g/mol. The van der Waals surface area contributed by atoms with E-state index in [-0.39, 0.29) is 17.9 Å². The molecule has 3 rings (SSSR count). The Labute approximate surface area is 170 Å². The van der Waals surface area contributed by atoms with Crippen molar-refractivity contribution in [2.45, 2.75) is 19.2 Å². The van der Waals surface area contributed by atoms with Crippen LogP contribution in [-0.2, 0) is 4.79 Å². The molecule has 0 N–H and O–H groups in total. The van der Waals surface area contributed by atoms with E-state index in [2.05, 4.69) is 43.0 Å². The van der Waals surface area contributed by atoms with Gasteiger partial charge in [-0.3, -0.25) is 4.79 Å². The average Bonchev–Trinajstić information content (AvgIpc) is 3.19. The molecule has 1 amide bonds. The van der Waals surface area contributed by atoms with E-state index in [1.807, 2.05) is 4.90 Å². The number of ether oxygens (including phenoxy) is 1. The molecule has 0 bridgehead atoms. The monoisotopic (exact) mass is 404 g/mol. The van der Waals surface area contributed by atoms with Gasteiger partial charge in [-0.25, -0.2) is 0 Å². The summed E-state index contributed by atoms with van der Waals surface area (Å²) in [4.78, 5) is 16.9. The van der Waals surface area contributed by atoms with E-state index in [9.17, 15) is 4.79 Å². The molecule has 0 radical (unpaired) electrons. The highest BCUT2D eigenvalue weighted by Crippen LogP contribution is 2.38. The molecule has 1 aliphatic rings. The minimum absolute atomic E-state index is 0.00719. The molecule has 1 heterocycles. The summed E-state index contributed by atoms with van der Waals surface area (Å²) in [5, 5.41) is 0.704. The van der Waals surface area contributed by atoms with Crippen molar-refractivity contribution in [3.05, 3.63) is 59.1 Å². The molecule has 0 aromatic heterocycles. The Morgan fingerprint density at radius 1 is 1.15 bits per heavy atom. The second-order valence-electron chi connectivity index (χ2n) is 6.32. The van der Waals surface area contributed by atoms with Crippen LogP contribution in [0.15, 0.2) is 48.5 Å². The van der Waals surface area contributed by atoms with Crippen LogP contribution in [0.4, 0.5) is 5.69 Å². The normalized spacial score (nSPS) is 16.4. The van der Waals surface area contributed by atoms with E-state index in [1.165, 1.54) is 5.69 Å². The lowest BCUT2D eigenvalue weighted by Gasteiger charge is -2.25. The molecule has 4 nitrogen and oxygen atoms in total. The fourth-order valence-corrected chi connectivity index (χ4v) is 4.60. The lowest BCUT2D eigenvalue weighted by Crippen LogP contribution is -2.34. The maximum Gasteiger partial charge on any atom is 0.261 e. The molecule has 1 unspecified atom stereocenters. The highest BCUT2D eigenvalue weighted by Gasteiger charge is 2.30. The minimum atomic E-state index is 0.00719. The van der Waals surface area contributed by atoms with Gasteiger partial charge in [0.15, 0.2) is 6.61 Å². The van der Waals surface area contributed by atoms with Gasteiger partial charge in [-0.1, -0.05) is 23.7 Å². The summed E-state index contributed by atoms with van der Waals surface area (Å²) in [6.45, 7) is 7.07. The van der Waals surface area contributed by atoms with E-state index in [1.54, 1.807) is 36.0 Å². The van der Waals surface area contributed by atoms with Crippen molar-refractivity contribution in [1.29, 1.82) is 0 Å². The van der Waals surface area contributed by atoms with Crippen molar-refractivity contribution < 1.29 is 9.53 Å². The lowest BCUT2D eigenvalue weighted by molar-refractivity contribution is -0.133. The fraction of sp³-hybridized carbons (Fsp3) is 0.381. The molecular weight excluding hydrogens is 380 g/mol. The zero-order chi connectivity index (χ0) is 19.2. The molecule has 2 aromatic rings. The third kappa shape index (κ3) is 4.90. The van der Waals surface area contributed by atoms with Crippen molar-refractivity contribution in [3.63, 3.8) is 0 Å². The predicted octanol–water partition coefficient (Wildman–Crippen LogP) is 4.84. The summed E-state index contributed by atoms with van der Waals surface area (Å²) < 4.78 is 5.63. The number of hydrogen-bond acceptors (Lipinski definition) is 4. The molecule has 0 spiro atoms. The van der Waals surface area contributed by atoms with Gasteiger partial charge in [0.2, 0.25) is 0 Å². The number of nitrogens with zero attached hydrogens (tertiary/aromatic N) is 2. The van der Waals surface area contributed by atoms with Crippen LogP contribution >= 0.6 is 23.4 Å². The molecule has 2 aromatic carbocycles. The van der Waals surface area contributed by atoms with Crippen LogP contribution < -0.4 is 9.64 Å². The van der Waals surface area contributed by atoms with Crippen molar-refractivity contribution in [3.8, 4) is 5.75 Å². The Morgan fingerprint density at radius 2 is 1.81 bits per heavy atom. The molecule has 1 aliphatic heterocycles. The van der Waals surface area contributed by atoms with Gasteiger partial charge >= 0.3 is 0 Å². The largest absolute Gasteiger partial charge is 0.484 e. The van der Waals surface area contributed by atoms with Gasteiger partial charge in [-0.05, 0) is 55.8 Å². The topological polar surface area (TPSA) is 32.8 Å². The second kappa shape index (κ2) is 9.38. The third-order valence-electron chi connectivity index (χ3n) is 4.69. The summed E-state index contributed by atoms with van der Waals surface area (Å²) in [5.74, 6) is 1.60. The van der Waals surface area contributed by atoms with Crippen LogP contribution in [0.3, 0.4) is 0 Å². The third-order valence-corrected chi connectivity index (χ3v) is 6.21. The Kier molecular flexibility index (Phi) is 6.91. The number of amides is 1. The molecule has 1 saturated heterocycles. The number of thioether (sulfide) groups is 1. The zero-order valence-electron chi connectivity index (χ0n) is 15.7. The summed E-state index contributed by atoms with van der Waals surface area (Å²) >= 11 is 7.68. The first-order valence-electron chi connectivity index (χ1n) is 9.26. The standard InChI is InChI=1S/C21H25ClN2O2S/c1-3-23(4-2)18-9-5-16(6-10-18)21-24(13-14-27-21)20(25)15-26-19-11-7-17(22)8-12-19/h5-12,21H,3-4,13-15H2,1-2H3. The molecule has 6 heteroatoms. The molecular formula is C21H25ClN2O2S.